The van der Waals surface area contributed by atoms with Crippen LogP contribution in [0.2, 0.25) is 0 Å². The maximum absolute atomic E-state index is 13.1. The van der Waals surface area contributed by atoms with Gasteiger partial charge in [0.1, 0.15) is 11.4 Å². The topological polar surface area (TPSA) is 104 Å². The van der Waals surface area contributed by atoms with Gasteiger partial charge in [-0.05, 0) is 18.4 Å². The van der Waals surface area contributed by atoms with Crippen LogP contribution in [0.15, 0.2) is 47.0 Å². The number of hydrogen-bond acceptors (Lipinski definition) is 8. The Hall–Kier alpha value is -3.06. The van der Waals surface area contributed by atoms with Crippen LogP contribution in [0, 0.1) is 0 Å². The van der Waals surface area contributed by atoms with E-state index >= 15 is 0 Å². The van der Waals surface area contributed by atoms with Crippen molar-refractivity contribution >= 4 is 32.6 Å². The first-order chi connectivity index (χ1) is 15.5. The highest BCUT2D eigenvalue weighted by atomic mass is 32.2. The maximum Gasteiger partial charge on any atom is 0.433 e. The molecule has 0 aliphatic heterocycles. The summed E-state index contributed by atoms with van der Waals surface area (Å²) in [5.74, 6) is -0.0878. The third kappa shape index (κ3) is 4.29. The first-order valence-corrected chi connectivity index (χ1v) is 12.4. The van der Waals surface area contributed by atoms with E-state index in [2.05, 4.69) is 24.9 Å². The van der Waals surface area contributed by atoms with Gasteiger partial charge in [0.25, 0.3) is 0 Å². The largest absolute Gasteiger partial charge is 0.433 e. The molecule has 33 heavy (non-hydrogen) atoms. The van der Waals surface area contributed by atoms with Crippen molar-refractivity contribution in [2.45, 2.75) is 23.2 Å². The van der Waals surface area contributed by atoms with Gasteiger partial charge >= 0.3 is 6.18 Å². The molecule has 0 bridgehead atoms. The van der Waals surface area contributed by atoms with Crippen LogP contribution in [-0.2, 0) is 23.1 Å². The summed E-state index contributed by atoms with van der Waals surface area (Å²) in [5, 5.41) is 0.566. The zero-order valence-corrected chi connectivity index (χ0v) is 19.3. The van der Waals surface area contributed by atoms with E-state index in [0.29, 0.717) is 21.8 Å². The van der Waals surface area contributed by atoms with Crippen molar-refractivity contribution in [3.63, 3.8) is 0 Å². The Bertz CT molecular complexity index is 1450. The molecule has 13 heteroatoms. The molecule has 8 nitrogen and oxygen atoms in total. The first-order valence-electron chi connectivity index (χ1n) is 9.54. The van der Waals surface area contributed by atoms with Gasteiger partial charge in [0.15, 0.2) is 20.8 Å². The van der Waals surface area contributed by atoms with Crippen LogP contribution >= 0.6 is 11.8 Å². The van der Waals surface area contributed by atoms with Crippen molar-refractivity contribution in [1.29, 1.82) is 0 Å². The lowest BCUT2D eigenvalue weighted by Gasteiger charge is -2.11. The number of aryl methyl sites for hydroxylation is 1. The Morgan fingerprint density at radius 2 is 1.67 bits per heavy atom. The molecule has 4 rings (SSSR count). The number of pyridine rings is 2. The van der Waals surface area contributed by atoms with E-state index in [-0.39, 0.29) is 27.7 Å². The lowest BCUT2D eigenvalue weighted by Crippen LogP contribution is -2.09. The molecule has 4 aromatic heterocycles. The summed E-state index contributed by atoms with van der Waals surface area (Å²) in [7, 11) is -2.20. The molecule has 0 N–H and O–H groups in total. The summed E-state index contributed by atoms with van der Waals surface area (Å²) in [5.41, 5.74) is 0.348. The fourth-order valence-electron chi connectivity index (χ4n) is 3.19. The summed E-state index contributed by atoms with van der Waals surface area (Å²) in [6.45, 7) is 1.50. The van der Waals surface area contributed by atoms with Gasteiger partial charge in [0.05, 0.1) is 27.9 Å². The van der Waals surface area contributed by atoms with E-state index in [1.807, 2.05) is 6.26 Å². The molecule has 0 unspecified atom stereocenters. The average Bonchev–Trinajstić information content (AvgIpc) is 3.14. The molecule has 0 radical (unpaired) electrons. The van der Waals surface area contributed by atoms with Crippen LogP contribution in [-0.4, -0.2) is 49.9 Å². The molecule has 4 aromatic rings. The highest BCUT2D eigenvalue weighted by molar-refractivity contribution is 7.98. The second kappa shape index (κ2) is 8.37. The minimum absolute atomic E-state index is 0.0293. The number of aromatic nitrogens is 6. The Morgan fingerprint density at radius 3 is 2.27 bits per heavy atom. The van der Waals surface area contributed by atoms with E-state index in [0.717, 1.165) is 12.3 Å². The van der Waals surface area contributed by atoms with Crippen molar-refractivity contribution in [2.24, 2.45) is 7.05 Å². The van der Waals surface area contributed by atoms with Gasteiger partial charge in [0, 0.05) is 36.8 Å². The summed E-state index contributed by atoms with van der Waals surface area (Å²) in [4.78, 5) is 20.4. The molecular weight excluding hydrogens is 477 g/mol. The quantitative estimate of drug-likeness (QED) is 0.303. The van der Waals surface area contributed by atoms with Crippen molar-refractivity contribution < 1.29 is 21.6 Å². The third-order valence-corrected chi connectivity index (χ3v) is 7.30. The minimum atomic E-state index is -4.63. The lowest BCUT2D eigenvalue weighted by molar-refractivity contribution is -0.141. The average molecular weight is 495 g/mol. The van der Waals surface area contributed by atoms with Crippen LogP contribution in [0.5, 0.6) is 0 Å². The standard InChI is InChI=1S/C20H17F3N6O2S2/c1-4-33(30,31)15-5-11(12-8-26-19(32-3)27-9-12)7-25-17(15)18-28-13-6-16(20(21,22)23)24-10-14(13)29(18)2/h5-10H,4H2,1-3H3. The molecule has 172 valence electrons. The molecule has 4 heterocycles. The maximum atomic E-state index is 13.1. The van der Waals surface area contributed by atoms with Crippen LogP contribution in [0.25, 0.3) is 33.7 Å². The van der Waals surface area contributed by atoms with Crippen LogP contribution in [0.4, 0.5) is 13.2 Å². The second-order valence-electron chi connectivity index (χ2n) is 6.98. The lowest BCUT2D eigenvalue weighted by atomic mass is 10.1. The molecule has 0 saturated heterocycles. The van der Waals surface area contributed by atoms with E-state index in [1.54, 1.807) is 19.4 Å². The molecule has 0 aliphatic carbocycles. The number of halogens is 3. The van der Waals surface area contributed by atoms with Gasteiger partial charge in [-0.1, -0.05) is 18.7 Å². The van der Waals surface area contributed by atoms with Gasteiger partial charge in [-0.25, -0.2) is 28.4 Å². The fraction of sp³-hybridized carbons (Fsp3) is 0.250. The van der Waals surface area contributed by atoms with Gasteiger partial charge in [-0.3, -0.25) is 4.98 Å². The Balaban J connectivity index is 1.91. The van der Waals surface area contributed by atoms with E-state index in [1.165, 1.54) is 35.5 Å². The number of fused-ring (bicyclic) bond motifs is 1. The number of nitrogens with zero attached hydrogens (tertiary/aromatic N) is 6. The van der Waals surface area contributed by atoms with Crippen LogP contribution in [0.3, 0.4) is 0 Å². The van der Waals surface area contributed by atoms with Crippen molar-refractivity contribution in [3.05, 3.63) is 42.6 Å². The van der Waals surface area contributed by atoms with E-state index < -0.39 is 21.7 Å². The van der Waals surface area contributed by atoms with Crippen LogP contribution in [0.1, 0.15) is 12.6 Å². The molecule has 0 aromatic carbocycles. The SMILES string of the molecule is CCS(=O)(=O)c1cc(-c2cnc(SC)nc2)cnc1-c1nc2cc(C(F)(F)F)ncc2n1C. The summed E-state index contributed by atoms with van der Waals surface area (Å²) >= 11 is 1.37. The van der Waals surface area contributed by atoms with Crippen LogP contribution < -0.4 is 0 Å². The second-order valence-corrected chi connectivity index (χ2v) is 10.0. The fourth-order valence-corrected chi connectivity index (χ4v) is 4.56. The van der Waals surface area contributed by atoms with E-state index in [4.69, 9.17) is 0 Å². The molecule has 0 amide bonds. The van der Waals surface area contributed by atoms with Gasteiger partial charge < -0.3 is 4.57 Å². The Labute approximate surface area is 191 Å². The van der Waals surface area contributed by atoms with E-state index in [9.17, 15) is 21.6 Å². The molecule has 0 saturated carbocycles. The smallest absolute Gasteiger partial charge is 0.324 e. The molecule has 0 aliphatic rings. The monoisotopic (exact) mass is 494 g/mol. The number of hydrogen-bond donors (Lipinski definition) is 0. The third-order valence-electron chi connectivity index (χ3n) is 4.98. The zero-order chi connectivity index (χ0) is 24.0. The highest BCUT2D eigenvalue weighted by Crippen LogP contribution is 2.33. The van der Waals surface area contributed by atoms with Gasteiger partial charge in [-0.15, -0.1) is 0 Å². The van der Waals surface area contributed by atoms with Crippen molar-refractivity contribution in [3.8, 4) is 22.6 Å². The minimum Gasteiger partial charge on any atom is -0.324 e. The molecule has 0 fully saturated rings. The zero-order valence-electron chi connectivity index (χ0n) is 17.6. The summed E-state index contributed by atoms with van der Waals surface area (Å²) in [6.07, 6.45) is 2.86. The Kier molecular flexibility index (Phi) is 5.86. The first kappa shape index (κ1) is 23.1. The predicted molar refractivity (Wildman–Crippen MR) is 117 cm³/mol. The molecule has 0 spiro atoms. The number of sulfone groups is 1. The number of rotatable bonds is 5. The Morgan fingerprint density at radius 1 is 1.00 bits per heavy atom. The highest BCUT2D eigenvalue weighted by Gasteiger charge is 2.33. The van der Waals surface area contributed by atoms with Gasteiger partial charge in [-0.2, -0.15) is 13.2 Å². The predicted octanol–water partition coefficient (Wildman–Crippen LogP) is 4.02. The van der Waals surface area contributed by atoms with Crippen molar-refractivity contribution in [2.75, 3.05) is 12.0 Å². The number of imidazole rings is 1. The molecular formula is C20H17F3N6O2S2. The molecule has 0 atom stereocenters. The van der Waals surface area contributed by atoms with Crippen molar-refractivity contribution in [1.82, 2.24) is 29.5 Å². The number of thioether (sulfide) groups is 1. The summed E-state index contributed by atoms with van der Waals surface area (Å²) < 4.78 is 66.5. The normalized spacial score (nSPS) is 12.4. The number of alkyl halides is 3. The van der Waals surface area contributed by atoms with Gasteiger partial charge in [0.2, 0.25) is 0 Å². The summed E-state index contributed by atoms with van der Waals surface area (Å²) in [6, 6.07) is 2.28.